The monoisotopic (exact) mass is 305 g/mol. The van der Waals surface area contributed by atoms with Gasteiger partial charge in [0.25, 0.3) is 11.5 Å². The minimum Gasteiger partial charge on any atom is -0.352 e. The van der Waals surface area contributed by atoms with Gasteiger partial charge >= 0.3 is 0 Å². The smallest absolute Gasteiger partial charge is 0.261 e. The Kier molecular flexibility index (Phi) is 5.11. The number of aromatic nitrogens is 2. The zero-order valence-corrected chi connectivity index (χ0v) is 12.4. The van der Waals surface area contributed by atoms with Gasteiger partial charge in [0.1, 0.15) is 5.56 Å². The maximum atomic E-state index is 12.0. The van der Waals surface area contributed by atoms with Crippen LogP contribution >= 0.6 is 11.6 Å². The number of nitrogens with one attached hydrogen (secondary N) is 2. The van der Waals surface area contributed by atoms with Crippen molar-refractivity contribution >= 4 is 17.5 Å². The van der Waals surface area contributed by atoms with Crippen molar-refractivity contribution in [3.05, 3.63) is 51.5 Å². The van der Waals surface area contributed by atoms with Gasteiger partial charge in [-0.1, -0.05) is 24.9 Å². The van der Waals surface area contributed by atoms with E-state index in [2.05, 4.69) is 15.3 Å². The Hall–Kier alpha value is -2.14. The van der Waals surface area contributed by atoms with Crippen LogP contribution in [0.5, 0.6) is 0 Å². The largest absolute Gasteiger partial charge is 0.352 e. The molecule has 5 nitrogen and oxygen atoms in total. The number of hydrogen-bond donors (Lipinski definition) is 2. The third-order valence-electron chi connectivity index (χ3n) is 3.03. The molecular weight excluding hydrogens is 290 g/mol. The van der Waals surface area contributed by atoms with E-state index < -0.39 is 5.56 Å². The maximum absolute atomic E-state index is 12.0. The molecule has 110 valence electrons. The van der Waals surface area contributed by atoms with Gasteiger partial charge in [0.2, 0.25) is 0 Å². The van der Waals surface area contributed by atoms with Crippen molar-refractivity contribution in [3.8, 4) is 11.3 Å². The third-order valence-corrected chi connectivity index (χ3v) is 3.36. The number of halogens is 1. The summed E-state index contributed by atoms with van der Waals surface area (Å²) in [5.74, 6) is -0.367. The fraction of sp³-hybridized carbons (Fsp3) is 0.267. The summed E-state index contributed by atoms with van der Waals surface area (Å²) in [6, 6.07) is 4.79. The molecule has 0 radical (unpaired) electrons. The van der Waals surface area contributed by atoms with Crippen molar-refractivity contribution in [1.29, 1.82) is 0 Å². The lowest BCUT2D eigenvalue weighted by Gasteiger charge is -2.06. The van der Waals surface area contributed by atoms with Gasteiger partial charge in [0, 0.05) is 24.5 Å². The highest BCUT2D eigenvalue weighted by molar-refractivity contribution is 6.33. The van der Waals surface area contributed by atoms with Crippen LogP contribution in [0.3, 0.4) is 0 Å². The molecular formula is C15H16ClN3O2. The number of amides is 1. The minimum atomic E-state index is -0.443. The van der Waals surface area contributed by atoms with E-state index in [9.17, 15) is 9.59 Å². The quantitative estimate of drug-likeness (QED) is 0.834. The number of pyridine rings is 2. The summed E-state index contributed by atoms with van der Waals surface area (Å²) in [6.07, 6.45) is 5.00. The average molecular weight is 306 g/mol. The SMILES string of the molecule is CCCCNC(=O)c1ccc(-c2cnccc2Cl)[nH]c1=O. The van der Waals surface area contributed by atoms with E-state index in [1.165, 1.54) is 6.07 Å². The first-order valence-electron chi connectivity index (χ1n) is 6.75. The first kappa shape index (κ1) is 15.3. The normalized spacial score (nSPS) is 10.4. The van der Waals surface area contributed by atoms with Gasteiger partial charge in [-0.3, -0.25) is 14.6 Å². The van der Waals surface area contributed by atoms with Gasteiger partial charge in [0.15, 0.2) is 0 Å². The van der Waals surface area contributed by atoms with Crippen LogP contribution in [0.1, 0.15) is 30.1 Å². The second kappa shape index (κ2) is 7.04. The zero-order chi connectivity index (χ0) is 15.2. The molecule has 0 aliphatic carbocycles. The lowest BCUT2D eigenvalue weighted by molar-refractivity contribution is 0.0951. The maximum Gasteiger partial charge on any atom is 0.261 e. The lowest BCUT2D eigenvalue weighted by Crippen LogP contribution is -2.30. The summed E-state index contributed by atoms with van der Waals surface area (Å²) in [4.78, 5) is 30.5. The standard InChI is InChI=1S/C15H16ClN3O2/c1-2-3-7-18-14(20)10-4-5-13(19-15(10)21)11-9-17-8-6-12(11)16/h4-6,8-9H,2-3,7H2,1H3,(H,18,20)(H,19,21). The first-order chi connectivity index (χ1) is 10.1. The van der Waals surface area contributed by atoms with Gasteiger partial charge in [-0.25, -0.2) is 0 Å². The molecule has 0 fully saturated rings. The third kappa shape index (κ3) is 3.70. The van der Waals surface area contributed by atoms with Crippen LogP contribution < -0.4 is 10.9 Å². The molecule has 2 aromatic rings. The van der Waals surface area contributed by atoms with E-state index in [4.69, 9.17) is 11.6 Å². The van der Waals surface area contributed by atoms with Crippen molar-refractivity contribution in [2.24, 2.45) is 0 Å². The van der Waals surface area contributed by atoms with Crippen LogP contribution in [0.25, 0.3) is 11.3 Å². The van der Waals surface area contributed by atoms with E-state index in [0.717, 1.165) is 12.8 Å². The van der Waals surface area contributed by atoms with E-state index in [-0.39, 0.29) is 11.5 Å². The molecule has 0 bridgehead atoms. The molecule has 0 aromatic carbocycles. The van der Waals surface area contributed by atoms with Gasteiger partial charge in [-0.05, 0) is 24.6 Å². The van der Waals surface area contributed by atoms with Crippen LogP contribution in [-0.2, 0) is 0 Å². The number of carbonyl (C=O) groups is 1. The Labute approximate surface area is 127 Å². The highest BCUT2D eigenvalue weighted by Crippen LogP contribution is 2.23. The average Bonchev–Trinajstić information content (AvgIpc) is 2.47. The Balaban J connectivity index is 2.24. The number of rotatable bonds is 5. The summed E-state index contributed by atoms with van der Waals surface area (Å²) in [5.41, 5.74) is 0.800. The van der Waals surface area contributed by atoms with Crippen LogP contribution in [0, 0.1) is 0 Å². The van der Waals surface area contributed by atoms with Gasteiger partial charge < -0.3 is 10.3 Å². The van der Waals surface area contributed by atoms with Gasteiger partial charge in [-0.2, -0.15) is 0 Å². The van der Waals surface area contributed by atoms with Crippen LogP contribution in [0.4, 0.5) is 0 Å². The van der Waals surface area contributed by atoms with E-state index in [1.54, 1.807) is 24.5 Å². The molecule has 0 spiro atoms. The number of aromatic amines is 1. The zero-order valence-electron chi connectivity index (χ0n) is 11.6. The van der Waals surface area contributed by atoms with Gasteiger partial charge in [-0.15, -0.1) is 0 Å². The molecule has 2 rings (SSSR count). The second-order valence-electron chi connectivity index (χ2n) is 4.58. The summed E-state index contributed by atoms with van der Waals surface area (Å²) < 4.78 is 0. The van der Waals surface area contributed by atoms with Crippen molar-refractivity contribution in [2.45, 2.75) is 19.8 Å². The van der Waals surface area contributed by atoms with E-state index >= 15 is 0 Å². The Morgan fingerprint density at radius 3 is 2.86 bits per heavy atom. The Bertz CT molecular complexity index is 697. The number of nitrogens with zero attached hydrogens (tertiary/aromatic N) is 1. The summed E-state index contributed by atoms with van der Waals surface area (Å²) in [7, 11) is 0. The first-order valence-corrected chi connectivity index (χ1v) is 7.12. The molecule has 0 atom stereocenters. The molecule has 1 amide bonds. The van der Waals surface area contributed by atoms with E-state index in [1.807, 2.05) is 6.92 Å². The lowest BCUT2D eigenvalue weighted by atomic mass is 10.1. The fourth-order valence-corrected chi connectivity index (χ4v) is 2.07. The van der Waals surface area contributed by atoms with Crippen molar-refractivity contribution in [1.82, 2.24) is 15.3 Å². The summed E-state index contributed by atoms with van der Waals surface area (Å²) in [5, 5.41) is 3.20. The van der Waals surface area contributed by atoms with Crippen LogP contribution in [0.2, 0.25) is 5.02 Å². The molecule has 0 aliphatic heterocycles. The van der Waals surface area contributed by atoms with Crippen LogP contribution in [-0.4, -0.2) is 22.4 Å². The predicted molar refractivity (Wildman–Crippen MR) is 82.5 cm³/mol. The summed E-state index contributed by atoms with van der Waals surface area (Å²) >= 11 is 6.06. The number of unbranched alkanes of at least 4 members (excludes halogenated alkanes) is 1. The van der Waals surface area contributed by atoms with E-state index in [0.29, 0.717) is 22.8 Å². The van der Waals surface area contributed by atoms with Crippen molar-refractivity contribution < 1.29 is 4.79 Å². The number of H-pyrrole nitrogens is 1. The molecule has 2 N–H and O–H groups in total. The van der Waals surface area contributed by atoms with Crippen molar-refractivity contribution in [3.63, 3.8) is 0 Å². The second-order valence-corrected chi connectivity index (χ2v) is 4.99. The van der Waals surface area contributed by atoms with Gasteiger partial charge in [0.05, 0.1) is 10.7 Å². The topological polar surface area (TPSA) is 74.8 Å². The molecule has 0 aliphatic rings. The fourth-order valence-electron chi connectivity index (χ4n) is 1.86. The Morgan fingerprint density at radius 2 is 2.19 bits per heavy atom. The molecule has 0 saturated heterocycles. The predicted octanol–water partition coefficient (Wildman–Crippen LogP) is 2.62. The summed E-state index contributed by atoms with van der Waals surface area (Å²) in [6.45, 7) is 2.59. The van der Waals surface area contributed by atoms with Crippen molar-refractivity contribution in [2.75, 3.05) is 6.54 Å². The van der Waals surface area contributed by atoms with Crippen LogP contribution in [0.15, 0.2) is 35.4 Å². The molecule has 2 heterocycles. The minimum absolute atomic E-state index is 0.0925. The molecule has 0 unspecified atom stereocenters. The highest BCUT2D eigenvalue weighted by atomic mass is 35.5. The molecule has 21 heavy (non-hydrogen) atoms. The molecule has 2 aromatic heterocycles. The number of hydrogen-bond acceptors (Lipinski definition) is 3. The molecule has 6 heteroatoms. The number of carbonyl (C=O) groups excluding carboxylic acids is 1. The Morgan fingerprint density at radius 1 is 1.38 bits per heavy atom. The molecule has 0 saturated carbocycles. The highest BCUT2D eigenvalue weighted by Gasteiger charge is 2.12.